The zero-order valence-corrected chi connectivity index (χ0v) is 12.3. The highest BCUT2D eigenvalue weighted by Crippen LogP contribution is 2.43. The van der Waals surface area contributed by atoms with Crippen LogP contribution in [0.15, 0.2) is 54.6 Å². The molecule has 0 heterocycles. The van der Waals surface area contributed by atoms with Gasteiger partial charge in [0.15, 0.2) is 0 Å². The second-order valence-corrected chi connectivity index (χ2v) is 5.50. The molecule has 1 aliphatic carbocycles. The van der Waals surface area contributed by atoms with Crippen LogP contribution in [0.1, 0.15) is 36.5 Å². The number of esters is 1. The second-order valence-electron chi connectivity index (χ2n) is 5.50. The van der Waals surface area contributed by atoms with E-state index in [4.69, 9.17) is 4.74 Å². The number of hydrogen-bond acceptors (Lipinski definition) is 2. The van der Waals surface area contributed by atoms with Crippen molar-refractivity contribution >= 4 is 5.97 Å². The molecule has 2 nitrogen and oxygen atoms in total. The van der Waals surface area contributed by atoms with Gasteiger partial charge in [-0.3, -0.25) is 4.79 Å². The summed E-state index contributed by atoms with van der Waals surface area (Å²) in [5.41, 5.74) is 2.77. The molecule has 3 rings (SSSR count). The van der Waals surface area contributed by atoms with E-state index in [1.165, 1.54) is 5.56 Å². The van der Waals surface area contributed by atoms with Gasteiger partial charge in [0, 0.05) is 0 Å². The first-order valence-electron chi connectivity index (χ1n) is 7.60. The lowest BCUT2D eigenvalue weighted by Crippen LogP contribution is -2.41. The molecule has 0 aliphatic heterocycles. The Morgan fingerprint density at radius 2 is 1.81 bits per heavy atom. The molecule has 1 aliphatic rings. The Labute approximate surface area is 125 Å². The third kappa shape index (κ3) is 2.25. The summed E-state index contributed by atoms with van der Waals surface area (Å²) >= 11 is 0. The number of rotatable bonds is 3. The largest absolute Gasteiger partial charge is 0.465 e. The standard InChI is InChI=1S/C19H20O2/c1-2-21-18(20)19(16-11-4-3-5-12-16)14-8-10-15-9-6-7-13-17(15)19/h3-7,9,11-13H,2,8,10,14H2,1H3/t19-/m0/s1. The van der Waals surface area contributed by atoms with Crippen LogP contribution in [-0.2, 0) is 21.4 Å². The minimum atomic E-state index is -0.647. The molecule has 2 heteroatoms. The molecule has 0 saturated heterocycles. The van der Waals surface area contributed by atoms with E-state index in [1.54, 1.807) is 0 Å². The lowest BCUT2D eigenvalue weighted by molar-refractivity contribution is -0.149. The molecule has 2 aromatic rings. The van der Waals surface area contributed by atoms with Crippen LogP contribution >= 0.6 is 0 Å². The number of carbonyl (C=O) groups excluding carboxylic acids is 1. The van der Waals surface area contributed by atoms with E-state index in [1.807, 2.05) is 49.4 Å². The van der Waals surface area contributed by atoms with Crippen LogP contribution in [0.5, 0.6) is 0 Å². The van der Waals surface area contributed by atoms with E-state index in [2.05, 4.69) is 12.1 Å². The fourth-order valence-corrected chi connectivity index (χ4v) is 3.44. The normalized spacial score (nSPS) is 20.6. The number of fused-ring (bicyclic) bond motifs is 1. The molecule has 0 bridgehead atoms. The fraction of sp³-hybridized carbons (Fsp3) is 0.316. The minimum absolute atomic E-state index is 0.122. The lowest BCUT2D eigenvalue weighted by Gasteiger charge is -2.37. The molecule has 1 atom stereocenters. The summed E-state index contributed by atoms with van der Waals surface area (Å²) in [6, 6.07) is 18.3. The van der Waals surface area contributed by atoms with Gasteiger partial charge >= 0.3 is 5.97 Å². The van der Waals surface area contributed by atoms with Gasteiger partial charge in [-0.15, -0.1) is 0 Å². The first kappa shape index (κ1) is 13.9. The van der Waals surface area contributed by atoms with Crippen molar-refractivity contribution in [2.45, 2.75) is 31.6 Å². The van der Waals surface area contributed by atoms with Gasteiger partial charge in [-0.2, -0.15) is 0 Å². The lowest BCUT2D eigenvalue weighted by atomic mass is 9.66. The minimum Gasteiger partial charge on any atom is -0.465 e. The predicted octanol–water partition coefficient (Wildman–Crippen LogP) is 3.87. The van der Waals surface area contributed by atoms with Gasteiger partial charge in [0.25, 0.3) is 0 Å². The van der Waals surface area contributed by atoms with Gasteiger partial charge in [0.2, 0.25) is 0 Å². The topological polar surface area (TPSA) is 26.3 Å². The number of hydrogen-bond donors (Lipinski definition) is 0. The first-order valence-corrected chi connectivity index (χ1v) is 7.60. The number of benzene rings is 2. The molecular weight excluding hydrogens is 260 g/mol. The Morgan fingerprint density at radius 3 is 2.57 bits per heavy atom. The highest BCUT2D eigenvalue weighted by Gasteiger charge is 2.45. The maximum Gasteiger partial charge on any atom is 0.321 e. The predicted molar refractivity (Wildman–Crippen MR) is 83.2 cm³/mol. The van der Waals surface area contributed by atoms with Crippen molar-refractivity contribution in [3.63, 3.8) is 0 Å². The number of carbonyl (C=O) groups is 1. The van der Waals surface area contributed by atoms with Crippen molar-refractivity contribution < 1.29 is 9.53 Å². The average molecular weight is 280 g/mol. The fourth-order valence-electron chi connectivity index (χ4n) is 3.44. The van der Waals surface area contributed by atoms with Crippen molar-refractivity contribution in [3.8, 4) is 0 Å². The van der Waals surface area contributed by atoms with E-state index < -0.39 is 5.41 Å². The highest BCUT2D eigenvalue weighted by molar-refractivity contribution is 5.88. The molecule has 2 aromatic carbocycles. The molecule has 108 valence electrons. The number of aryl methyl sites for hydroxylation is 1. The number of ether oxygens (including phenoxy) is 1. The first-order chi connectivity index (χ1) is 10.3. The van der Waals surface area contributed by atoms with Gasteiger partial charge in [-0.05, 0) is 42.9 Å². The molecule has 0 aromatic heterocycles. The van der Waals surface area contributed by atoms with Gasteiger partial charge in [0.05, 0.1) is 6.61 Å². The molecule has 0 amide bonds. The van der Waals surface area contributed by atoms with E-state index in [0.29, 0.717) is 6.61 Å². The molecular formula is C19H20O2. The molecule has 21 heavy (non-hydrogen) atoms. The summed E-state index contributed by atoms with van der Waals surface area (Å²) in [6.07, 6.45) is 2.85. The molecule has 0 saturated carbocycles. The molecule has 0 spiro atoms. The zero-order chi connectivity index (χ0) is 14.7. The van der Waals surface area contributed by atoms with Gasteiger partial charge in [0.1, 0.15) is 5.41 Å². The second kappa shape index (κ2) is 5.72. The van der Waals surface area contributed by atoms with Crippen LogP contribution in [-0.4, -0.2) is 12.6 Å². The summed E-state index contributed by atoms with van der Waals surface area (Å²) in [5, 5.41) is 0. The summed E-state index contributed by atoms with van der Waals surface area (Å²) in [6.45, 7) is 2.28. The third-order valence-corrected chi connectivity index (χ3v) is 4.37. The van der Waals surface area contributed by atoms with Crippen LogP contribution < -0.4 is 0 Å². The van der Waals surface area contributed by atoms with E-state index >= 15 is 0 Å². The van der Waals surface area contributed by atoms with Crippen molar-refractivity contribution in [3.05, 3.63) is 71.3 Å². The van der Waals surface area contributed by atoms with E-state index in [0.717, 1.165) is 30.4 Å². The smallest absolute Gasteiger partial charge is 0.321 e. The summed E-state index contributed by atoms with van der Waals surface area (Å²) < 4.78 is 5.46. The van der Waals surface area contributed by atoms with Gasteiger partial charge < -0.3 is 4.74 Å². The monoisotopic (exact) mass is 280 g/mol. The van der Waals surface area contributed by atoms with E-state index in [-0.39, 0.29) is 5.97 Å². The Kier molecular flexibility index (Phi) is 3.78. The Morgan fingerprint density at radius 1 is 1.10 bits per heavy atom. The van der Waals surface area contributed by atoms with Crippen LogP contribution in [0, 0.1) is 0 Å². The SMILES string of the molecule is CCOC(=O)[C@]1(c2ccccc2)CCCc2ccccc21. The summed E-state index contributed by atoms with van der Waals surface area (Å²) in [7, 11) is 0. The Hall–Kier alpha value is -2.09. The summed E-state index contributed by atoms with van der Waals surface area (Å²) in [4.78, 5) is 12.9. The van der Waals surface area contributed by atoms with Gasteiger partial charge in [-0.25, -0.2) is 0 Å². The third-order valence-electron chi connectivity index (χ3n) is 4.37. The van der Waals surface area contributed by atoms with E-state index in [9.17, 15) is 4.79 Å². The average Bonchev–Trinajstić information content (AvgIpc) is 2.55. The van der Waals surface area contributed by atoms with Crippen molar-refractivity contribution in [1.29, 1.82) is 0 Å². The summed E-state index contributed by atoms with van der Waals surface area (Å²) in [5.74, 6) is -0.122. The Bertz CT molecular complexity index is 633. The maximum atomic E-state index is 12.9. The molecule has 0 radical (unpaired) electrons. The van der Waals surface area contributed by atoms with Crippen LogP contribution in [0.25, 0.3) is 0 Å². The zero-order valence-electron chi connectivity index (χ0n) is 12.3. The van der Waals surface area contributed by atoms with Crippen molar-refractivity contribution in [2.24, 2.45) is 0 Å². The van der Waals surface area contributed by atoms with Crippen LogP contribution in [0.3, 0.4) is 0 Å². The van der Waals surface area contributed by atoms with Crippen molar-refractivity contribution in [2.75, 3.05) is 6.61 Å². The molecule has 0 unspecified atom stereocenters. The Balaban J connectivity index is 2.22. The highest BCUT2D eigenvalue weighted by atomic mass is 16.5. The van der Waals surface area contributed by atoms with Crippen molar-refractivity contribution in [1.82, 2.24) is 0 Å². The molecule has 0 N–H and O–H groups in total. The quantitative estimate of drug-likeness (QED) is 0.798. The van der Waals surface area contributed by atoms with Crippen LogP contribution in [0.4, 0.5) is 0 Å². The van der Waals surface area contributed by atoms with Gasteiger partial charge in [-0.1, -0.05) is 54.6 Å². The molecule has 0 fully saturated rings. The van der Waals surface area contributed by atoms with Crippen LogP contribution in [0.2, 0.25) is 0 Å². The maximum absolute atomic E-state index is 12.9.